The minimum atomic E-state index is -0.161. The van der Waals surface area contributed by atoms with E-state index in [0.717, 1.165) is 33.4 Å². The second-order valence-electron chi connectivity index (χ2n) is 7.71. The van der Waals surface area contributed by atoms with Crippen molar-refractivity contribution in [3.05, 3.63) is 105 Å². The van der Waals surface area contributed by atoms with Crippen LogP contribution in [0, 0.1) is 20.8 Å². The first kappa shape index (κ1) is 20.5. The van der Waals surface area contributed by atoms with Crippen LogP contribution in [0.15, 0.2) is 65.6 Å². The van der Waals surface area contributed by atoms with E-state index in [-0.39, 0.29) is 11.5 Å². The van der Waals surface area contributed by atoms with Gasteiger partial charge >= 0.3 is 0 Å². The summed E-state index contributed by atoms with van der Waals surface area (Å²) in [6.45, 7) is 6.60. The van der Waals surface area contributed by atoms with Crippen molar-refractivity contribution < 1.29 is 4.79 Å². The lowest BCUT2D eigenvalue weighted by atomic mass is 10.1. The summed E-state index contributed by atoms with van der Waals surface area (Å²) in [4.78, 5) is 33.9. The zero-order chi connectivity index (χ0) is 22.0. The second-order valence-corrected chi connectivity index (χ2v) is 7.71. The van der Waals surface area contributed by atoms with Crippen molar-refractivity contribution in [1.29, 1.82) is 0 Å². The van der Waals surface area contributed by atoms with Crippen LogP contribution in [0.4, 0.5) is 0 Å². The number of amides is 1. The summed E-state index contributed by atoms with van der Waals surface area (Å²) < 4.78 is 1.75. The lowest BCUT2D eigenvalue weighted by Gasteiger charge is -2.13. The number of nitrogens with one attached hydrogen (secondary N) is 1. The van der Waals surface area contributed by atoms with Crippen LogP contribution < -0.4 is 10.9 Å². The molecule has 0 bridgehead atoms. The largest absolute Gasteiger partial charge is 0.346 e. The molecule has 0 aliphatic carbocycles. The molecule has 0 aliphatic heterocycles. The van der Waals surface area contributed by atoms with Crippen molar-refractivity contribution in [2.45, 2.75) is 33.9 Å². The van der Waals surface area contributed by atoms with Crippen LogP contribution in [0.5, 0.6) is 0 Å². The molecule has 1 amide bonds. The van der Waals surface area contributed by atoms with Gasteiger partial charge in [-0.1, -0.05) is 18.2 Å². The molecule has 0 atom stereocenters. The third-order valence-electron chi connectivity index (χ3n) is 5.44. The van der Waals surface area contributed by atoms with Crippen molar-refractivity contribution in [2.75, 3.05) is 0 Å². The number of nitrogens with zero attached hydrogens (tertiary/aromatic N) is 3. The quantitative estimate of drug-likeness (QED) is 0.542. The maximum Gasteiger partial charge on any atom is 0.272 e. The highest BCUT2D eigenvalue weighted by Gasteiger charge is 2.11. The molecule has 0 aliphatic rings. The number of carbonyl (C=O) groups excluding carboxylic acids is 1. The van der Waals surface area contributed by atoms with Crippen molar-refractivity contribution in [3.63, 3.8) is 0 Å². The Labute approximate surface area is 180 Å². The van der Waals surface area contributed by atoms with Gasteiger partial charge in [0, 0.05) is 11.8 Å². The number of aromatic nitrogens is 3. The molecule has 31 heavy (non-hydrogen) atoms. The van der Waals surface area contributed by atoms with Crippen molar-refractivity contribution in [1.82, 2.24) is 19.9 Å². The first-order valence-corrected chi connectivity index (χ1v) is 10.2. The molecule has 0 spiro atoms. The van der Waals surface area contributed by atoms with Crippen molar-refractivity contribution in [3.8, 4) is 0 Å². The summed E-state index contributed by atoms with van der Waals surface area (Å²) in [5.74, 6) is -0.161. The van der Waals surface area contributed by atoms with Gasteiger partial charge in [0.15, 0.2) is 0 Å². The summed E-state index contributed by atoms with van der Waals surface area (Å²) in [6, 6.07) is 16.9. The standard InChI is InChI=1S/C25H24N4O2/c1-16-12-22-23(13-17(16)2)29(25(31)18(3)28-22)15-19-7-9-20(10-8-19)24(30)27-14-21-6-4-5-11-26-21/h4-13H,14-15H2,1-3H3,(H,27,30). The third kappa shape index (κ3) is 4.38. The summed E-state index contributed by atoms with van der Waals surface area (Å²) in [6.07, 6.45) is 1.70. The normalized spacial score (nSPS) is 10.9. The van der Waals surface area contributed by atoms with E-state index in [1.807, 2.05) is 56.3 Å². The molecule has 2 aromatic heterocycles. The molecule has 0 saturated carbocycles. The highest BCUT2D eigenvalue weighted by atomic mass is 16.1. The van der Waals surface area contributed by atoms with Crippen LogP contribution in [0.25, 0.3) is 11.0 Å². The van der Waals surface area contributed by atoms with E-state index in [1.54, 1.807) is 29.8 Å². The van der Waals surface area contributed by atoms with Gasteiger partial charge in [-0.15, -0.1) is 0 Å². The van der Waals surface area contributed by atoms with E-state index < -0.39 is 0 Å². The highest BCUT2D eigenvalue weighted by Crippen LogP contribution is 2.18. The maximum atomic E-state index is 12.8. The number of carbonyl (C=O) groups is 1. The Kier molecular flexibility index (Phi) is 5.62. The summed E-state index contributed by atoms with van der Waals surface area (Å²) in [5.41, 5.74) is 6.56. The molecule has 1 N–H and O–H groups in total. The minimum Gasteiger partial charge on any atom is -0.346 e. The first-order valence-electron chi connectivity index (χ1n) is 10.2. The first-order chi connectivity index (χ1) is 14.9. The second kappa shape index (κ2) is 8.52. The zero-order valence-corrected chi connectivity index (χ0v) is 17.8. The number of fused-ring (bicyclic) bond motifs is 1. The number of benzene rings is 2. The van der Waals surface area contributed by atoms with E-state index >= 15 is 0 Å². The molecule has 2 heterocycles. The summed E-state index contributed by atoms with van der Waals surface area (Å²) in [5, 5.41) is 2.87. The van der Waals surface area contributed by atoms with Crippen molar-refractivity contribution in [2.24, 2.45) is 0 Å². The topological polar surface area (TPSA) is 76.9 Å². The van der Waals surface area contributed by atoms with E-state index in [1.165, 1.54) is 0 Å². The highest BCUT2D eigenvalue weighted by molar-refractivity contribution is 5.94. The van der Waals surface area contributed by atoms with Gasteiger partial charge in [0.25, 0.3) is 11.5 Å². The molecule has 0 saturated heterocycles. The van der Waals surface area contributed by atoms with Gasteiger partial charge in [-0.3, -0.25) is 14.6 Å². The Hall–Kier alpha value is -3.80. The maximum absolute atomic E-state index is 12.8. The lowest BCUT2D eigenvalue weighted by Crippen LogP contribution is -2.25. The van der Waals surface area contributed by atoms with Crippen LogP contribution >= 0.6 is 0 Å². The Balaban J connectivity index is 1.56. The average Bonchev–Trinajstić information content (AvgIpc) is 2.78. The predicted molar refractivity (Wildman–Crippen MR) is 121 cm³/mol. The molecular weight excluding hydrogens is 388 g/mol. The van der Waals surface area contributed by atoms with Crippen LogP contribution in [0.3, 0.4) is 0 Å². The SMILES string of the molecule is Cc1cc2nc(C)c(=O)n(Cc3ccc(C(=O)NCc4ccccn4)cc3)c2cc1C. The molecule has 0 radical (unpaired) electrons. The number of pyridine rings is 1. The fourth-order valence-electron chi connectivity index (χ4n) is 3.50. The monoisotopic (exact) mass is 412 g/mol. The van der Waals surface area contributed by atoms with Crippen LogP contribution in [0.2, 0.25) is 0 Å². The lowest BCUT2D eigenvalue weighted by molar-refractivity contribution is 0.0950. The molecular formula is C25H24N4O2. The van der Waals surface area contributed by atoms with Gasteiger partial charge in [0.2, 0.25) is 0 Å². The molecule has 0 fully saturated rings. The van der Waals surface area contributed by atoms with Gasteiger partial charge in [-0.2, -0.15) is 0 Å². The molecule has 156 valence electrons. The van der Waals surface area contributed by atoms with E-state index in [0.29, 0.717) is 24.3 Å². The number of rotatable bonds is 5. The predicted octanol–water partition coefficient (Wildman–Crippen LogP) is 3.70. The Morgan fingerprint density at radius 3 is 2.45 bits per heavy atom. The van der Waals surface area contributed by atoms with E-state index in [4.69, 9.17) is 0 Å². The third-order valence-corrected chi connectivity index (χ3v) is 5.44. The van der Waals surface area contributed by atoms with Gasteiger partial charge < -0.3 is 9.88 Å². The molecule has 4 rings (SSSR count). The number of hydrogen-bond donors (Lipinski definition) is 1. The van der Waals surface area contributed by atoms with Crippen LogP contribution in [-0.2, 0) is 13.1 Å². The number of aryl methyl sites for hydroxylation is 3. The van der Waals surface area contributed by atoms with E-state index in [2.05, 4.69) is 15.3 Å². The van der Waals surface area contributed by atoms with Gasteiger partial charge in [0.05, 0.1) is 29.8 Å². The molecule has 0 unspecified atom stereocenters. The fourth-order valence-corrected chi connectivity index (χ4v) is 3.50. The molecule has 2 aromatic carbocycles. The average molecular weight is 412 g/mol. The number of hydrogen-bond acceptors (Lipinski definition) is 4. The Morgan fingerprint density at radius 1 is 1.00 bits per heavy atom. The summed E-state index contributed by atoms with van der Waals surface area (Å²) >= 11 is 0. The van der Waals surface area contributed by atoms with Gasteiger partial charge in [-0.25, -0.2) is 4.98 Å². The summed E-state index contributed by atoms with van der Waals surface area (Å²) in [7, 11) is 0. The molecule has 6 heteroatoms. The smallest absolute Gasteiger partial charge is 0.272 e. The Morgan fingerprint density at radius 2 is 1.74 bits per heavy atom. The zero-order valence-electron chi connectivity index (χ0n) is 17.8. The molecule has 6 nitrogen and oxygen atoms in total. The molecule has 4 aromatic rings. The van der Waals surface area contributed by atoms with Gasteiger partial charge in [-0.05, 0) is 73.9 Å². The fraction of sp³-hybridized carbons (Fsp3) is 0.200. The Bertz CT molecular complexity index is 1310. The van der Waals surface area contributed by atoms with Crippen molar-refractivity contribution >= 4 is 16.9 Å². The minimum absolute atomic E-state index is 0.104. The van der Waals surface area contributed by atoms with E-state index in [9.17, 15) is 9.59 Å². The van der Waals surface area contributed by atoms with Crippen LogP contribution in [-0.4, -0.2) is 20.4 Å². The van der Waals surface area contributed by atoms with Crippen LogP contribution in [0.1, 0.15) is 38.4 Å². The van der Waals surface area contributed by atoms with Gasteiger partial charge in [0.1, 0.15) is 5.69 Å².